The summed E-state index contributed by atoms with van der Waals surface area (Å²) in [5, 5.41) is 3.38. The van der Waals surface area contributed by atoms with E-state index in [-0.39, 0.29) is 5.91 Å². The summed E-state index contributed by atoms with van der Waals surface area (Å²) in [5.41, 5.74) is 1.96. The number of ether oxygens (including phenoxy) is 1. The SMILES string of the molecule is CCCOc1ccccc1/C=C/C(=O)Nc1ncc(-c2ccccc2)s1. The van der Waals surface area contributed by atoms with Crippen molar-refractivity contribution >= 4 is 28.5 Å². The lowest BCUT2D eigenvalue weighted by molar-refractivity contribution is -0.111. The fraction of sp³-hybridized carbons (Fsp3) is 0.143. The molecule has 0 unspecified atom stereocenters. The number of anilines is 1. The van der Waals surface area contributed by atoms with E-state index in [9.17, 15) is 4.79 Å². The average molecular weight is 364 g/mol. The smallest absolute Gasteiger partial charge is 0.250 e. The third kappa shape index (κ3) is 4.80. The molecule has 3 aromatic rings. The quantitative estimate of drug-likeness (QED) is 0.583. The van der Waals surface area contributed by atoms with Crippen molar-refractivity contribution < 1.29 is 9.53 Å². The Balaban J connectivity index is 1.64. The van der Waals surface area contributed by atoms with Gasteiger partial charge in [0.05, 0.1) is 11.5 Å². The molecule has 0 saturated carbocycles. The van der Waals surface area contributed by atoms with Crippen LogP contribution in [0.4, 0.5) is 5.13 Å². The Morgan fingerprint density at radius 2 is 1.92 bits per heavy atom. The molecule has 0 atom stereocenters. The van der Waals surface area contributed by atoms with Gasteiger partial charge in [0.2, 0.25) is 5.91 Å². The zero-order chi connectivity index (χ0) is 18.2. The Labute approximate surface area is 157 Å². The average Bonchev–Trinajstić information content (AvgIpc) is 3.14. The Hall–Kier alpha value is -2.92. The van der Waals surface area contributed by atoms with Crippen molar-refractivity contribution in [3.8, 4) is 16.2 Å². The molecule has 0 radical (unpaired) electrons. The molecule has 3 rings (SSSR count). The molecule has 132 valence electrons. The van der Waals surface area contributed by atoms with E-state index in [1.165, 1.54) is 17.4 Å². The molecule has 1 N–H and O–H groups in total. The van der Waals surface area contributed by atoms with Crippen molar-refractivity contribution in [1.29, 1.82) is 0 Å². The van der Waals surface area contributed by atoms with Gasteiger partial charge >= 0.3 is 0 Å². The number of nitrogens with zero attached hydrogens (tertiary/aromatic N) is 1. The second-order valence-corrected chi connectivity index (χ2v) is 6.64. The molecule has 0 fully saturated rings. The van der Waals surface area contributed by atoms with Crippen molar-refractivity contribution in [2.24, 2.45) is 0 Å². The highest BCUT2D eigenvalue weighted by Gasteiger charge is 2.06. The number of nitrogens with one attached hydrogen (secondary N) is 1. The normalized spacial score (nSPS) is 10.8. The predicted octanol–water partition coefficient (Wildman–Crippen LogP) is 5.25. The fourth-order valence-corrected chi connectivity index (χ4v) is 3.17. The molecule has 1 heterocycles. The van der Waals surface area contributed by atoms with Crippen LogP contribution in [0.3, 0.4) is 0 Å². The molecule has 0 saturated heterocycles. The number of amides is 1. The van der Waals surface area contributed by atoms with Gasteiger partial charge in [-0.05, 0) is 24.1 Å². The van der Waals surface area contributed by atoms with E-state index >= 15 is 0 Å². The second-order valence-electron chi connectivity index (χ2n) is 5.60. The van der Waals surface area contributed by atoms with Crippen LogP contribution in [0.5, 0.6) is 5.75 Å². The van der Waals surface area contributed by atoms with E-state index in [0.29, 0.717) is 11.7 Å². The third-order valence-electron chi connectivity index (χ3n) is 3.59. The highest BCUT2D eigenvalue weighted by Crippen LogP contribution is 2.28. The first-order valence-electron chi connectivity index (χ1n) is 8.48. The Morgan fingerprint density at radius 3 is 2.73 bits per heavy atom. The number of rotatable bonds is 7. The van der Waals surface area contributed by atoms with Crippen LogP contribution >= 0.6 is 11.3 Å². The molecule has 2 aromatic carbocycles. The maximum Gasteiger partial charge on any atom is 0.250 e. The van der Waals surface area contributed by atoms with Gasteiger partial charge in [-0.1, -0.05) is 66.8 Å². The topological polar surface area (TPSA) is 51.2 Å². The molecule has 0 bridgehead atoms. The van der Waals surface area contributed by atoms with Crippen LogP contribution < -0.4 is 10.1 Å². The first kappa shape index (κ1) is 17.9. The number of aromatic nitrogens is 1. The number of benzene rings is 2. The summed E-state index contributed by atoms with van der Waals surface area (Å²) in [4.78, 5) is 17.5. The van der Waals surface area contributed by atoms with E-state index in [4.69, 9.17) is 4.74 Å². The molecule has 5 heteroatoms. The van der Waals surface area contributed by atoms with E-state index in [0.717, 1.165) is 28.2 Å². The minimum Gasteiger partial charge on any atom is -0.493 e. The summed E-state index contributed by atoms with van der Waals surface area (Å²) in [7, 11) is 0. The van der Waals surface area contributed by atoms with Crippen LogP contribution in [0.1, 0.15) is 18.9 Å². The third-order valence-corrected chi connectivity index (χ3v) is 4.55. The highest BCUT2D eigenvalue weighted by molar-refractivity contribution is 7.19. The molecule has 0 aliphatic heterocycles. The minimum absolute atomic E-state index is 0.218. The number of carbonyl (C=O) groups excluding carboxylic acids is 1. The molecule has 26 heavy (non-hydrogen) atoms. The van der Waals surface area contributed by atoms with Crippen molar-refractivity contribution in [3.05, 3.63) is 72.4 Å². The van der Waals surface area contributed by atoms with Crippen LogP contribution in [0.15, 0.2) is 66.9 Å². The summed E-state index contributed by atoms with van der Waals surface area (Å²) in [5.74, 6) is 0.559. The number of hydrogen-bond acceptors (Lipinski definition) is 4. The molecule has 1 amide bonds. The van der Waals surface area contributed by atoms with Crippen molar-refractivity contribution in [3.63, 3.8) is 0 Å². The monoisotopic (exact) mass is 364 g/mol. The van der Waals surface area contributed by atoms with Crippen molar-refractivity contribution in [1.82, 2.24) is 4.98 Å². The summed E-state index contributed by atoms with van der Waals surface area (Å²) in [6, 6.07) is 17.6. The maximum absolute atomic E-state index is 12.2. The number of hydrogen-bond donors (Lipinski definition) is 1. The lowest BCUT2D eigenvalue weighted by Crippen LogP contribution is -2.07. The second kappa shape index (κ2) is 8.97. The largest absolute Gasteiger partial charge is 0.493 e. The number of thiazole rings is 1. The number of para-hydroxylation sites is 1. The highest BCUT2D eigenvalue weighted by atomic mass is 32.1. The molecule has 1 aromatic heterocycles. The molecule has 4 nitrogen and oxygen atoms in total. The summed E-state index contributed by atoms with van der Waals surface area (Å²) >= 11 is 1.45. The Kier molecular flexibility index (Phi) is 6.17. The first-order valence-corrected chi connectivity index (χ1v) is 9.30. The lowest BCUT2D eigenvalue weighted by Gasteiger charge is -2.07. The Bertz CT molecular complexity index is 888. The van der Waals surface area contributed by atoms with Crippen molar-refractivity contribution in [2.45, 2.75) is 13.3 Å². The fourth-order valence-electron chi connectivity index (χ4n) is 2.34. The van der Waals surface area contributed by atoms with E-state index < -0.39 is 0 Å². The van der Waals surface area contributed by atoms with Crippen molar-refractivity contribution in [2.75, 3.05) is 11.9 Å². The molecular formula is C21H20N2O2S. The summed E-state index contributed by atoms with van der Waals surface area (Å²) in [6.07, 6.45) is 5.96. The Morgan fingerprint density at radius 1 is 1.15 bits per heavy atom. The molecular weight excluding hydrogens is 344 g/mol. The maximum atomic E-state index is 12.2. The van der Waals surface area contributed by atoms with Gasteiger partial charge in [0.25, 0.3) is 0 Å². The summed E-state index contributed by atoms with van der Waals surface area (Å²) in [6.45, 7) is 2.71. The lowest BCUT2D eigenvalue weighted by atomic mass is 10.2. The number of carbonyl (C=O) groups is 1. The van der Waals surface area contributed by atoms with Gasteiger partial charge in [-0.25, -0.2) is 4.98 Å². The van der Waals surface area contributed by atoms with Gasteiger partial charge in [0.15, 0.2) is 5.13 Å². The summed E-state index contributed by atoms with van der Waals surface area (Å²) < 4.78 is 5.70. The van der Waals surface area contributed by atoms with E-state index in [2.05, 4.69) is 17.2 Å². The molecule has 0 aliphatic carbocycles. The van der Waals surface area contributed by atoms with Gasteiger partial charge < -0.3 is 4.74 Å². The van der Waals surface area contributed by atoms with Crippen LogP contribution in [-0.2, 0) is 4.79 Å². The van der Waals surface area contributed by atoms with Gasteiger partial charge in [-0.2, -0.15) is 0 Å². The molecule has 0 spiro atoms. The zero-order valence-electron chi connectivity index (χ0n) is 14.5. The zero-order valence-corrected chi connectivity index (χ0v) is 15.3. The van der Waals surface area contributed by atoms with Gasteiger partial charge in [-0.15, -0.1) is 0 Å². The predicted molar refractivity (Wildman–Crippen MR) is 107 cm³/mol. The van der Waals surface area contributed by atoms with E-state index in [1.54, 1.807) is 12.3 Å². The van der Waals surface area contributed by atoms with Crippen LogP contribution in [0, 0.1) is 0 Å². The van der Waals surface area contributed by atoms with E-state index in [1.807, 2.05) is 54.6 Å². The van der Waals surface area contributed by atoms with Gasteiger partial charge in [0.1, 0.15) is 5.75 Å². The van der Waals surface area contributed by atoms with Crippen LogP contribution in [0.25, 0.3) is 16.5 Å². The molecule has 0 aliphatic rings. The van der Waals surface area contributed by atoms with Crippen LogP contribution in [0.2, 0.25) is 0 Å². The van der Waals surface area contributed by atoms with Gasteiger partial charge in [-0.3, -0.25) is 10.1 Å². The minimum atomic E-state index is -0.218. The first-order chi connectivity index (χ1) is 12.8. The standard InChI is InChI=1S/C21H20N2O2S/c1-2-14-25-18-11-7-6-8-16(18)12-13-20(24)23-21-22-15-19(26-21)17-9-4-3-5-10-17/h3-13,15H,2,14H2,1H3,(H,22,23,24)/b13-12+. The van der Waals surface area contributed by atoms with Crippen LogP contribution in [-0.4, -0.2) is 17.5 Å². The van der Waals surface area contributed by atoms with Gasteiger partial charge in [0, 0.05) is 17.8 Å².